The first kappa shape index (κ1) is 14.1. The van der Waals surface area contributed by atoms with Crippen LogP contribution in [0.5, 0.6) is 11.5 Å². The number of ether oxygens (including phenoxy) is 2. The number of methoxy groups -OCH3 is 2. The van der Waals surface area contributed by atoms with Crippen molar-refractivity contribution in [2.45, 2.75) is 6.54 Å². The largest absolute Gasteiger partial charge is 0.493 e. The zero-order valence-corrected chi connectivity index (χ0v) is 12.4. The molecule has 2 aromatic rings. The van der Waals surface area contributed by atoms with Crippen molar-refractivity contribution in [3.63, 3.8) is 0 Å². The molecule has 0 radical (unpaired) electrons. The van der Waals surface area contributed by atoms with Crippen LogP contribution in [0.4, 0.5) is 0 Å². The second kappa shape index (κ2) is 5.52. The fourth-order valence-electron chi connectivity index (χ4n) is 2.58. The van der Waals surface area contributed by atoms with E-state index in [2.05, 4.69) is 0 Å². The molecular formula is C17H16N2O3. The minimum Gasteiger partial charge on any atom is -0.493 e. The first-order valence-corrected chi connectivity index (χ1v) is 6.86. The summed E-state index contributed by atoms with van der Waals surface area (Å²) in [5, 5.41) is 8.19. The molecule has 1 amide bonds. The van der Waals surface area contributed by atoms with Crippen LogP contribution in [0.3, 0.4) is 0 Å². The summed E-state index contributed by atoms with van der Waals surface area (Å²) in [5.41, 5.74) is 2.13. The van der Waals surface area contributed by atoms with Gasteiger partial charge in [0, 0.05) is 5.56 Å². The van der Waals surface area contributed by atoms with Gasteiger partial charge in [0.05, 0.1) is 26.3 Å². The molecule has 0 fully saturated rings. The quantitative estimate of drug-likeness (QED) is 0.943. The molecule has 0 bridgehead atoms. The summed E-state index contributed by atoms with van der Waals surface area (Å²) >= 11 is 0. The summed E-state index contributed by atoms with van der Waals surface area (Å²) in [4.78, 5) is 13.9. The summed E-state index contributed by atoms with van der Waals surface area (Å²) in [7, 11) is 3.15. The number of nitrogens with zero attached hydrogens (tertiary/aromatic N) is 1. The first-order chi connectivity index (χ1) is 10.7. The Labute approximate surface area is 128 Å². The number of hydrogen-bond donors (Lipinski definition) is 1. The van der Waals surface area contributed by atoms with Gasteiger partial charge in [-0.3, -0.25) is 15.1 Å². The fraction of sp³-hybridized carbons (Fsp3) is 0.176. The molecule has 112 valence electrons. The average molecular weight is 296 g/mol. The normalized spacial score (nSPS) is 13.3. The van der Waals surface area contributed by atoms with Gasteiger partial charge in [-0.05, 0) is 23.8 Å². The maximum absolute atomic E-state index is 12.4. The lowest BCUT2D eigenvalue weighted by molar-refractivity contribution is 0.0852. The van der Waals surface area contributed by atoms with Gasteiger partial charge in [-0.15, -0.1) is 0 Å². The Balaban J connectivity index is 1.89. The van der Waals surface area contributed by atoms with Gasteiger partial charge in [-0.1, -0.05) is 24.3 Å². The molecule has 1 aliphatic heterocycles. The second-order valence-electron chi connectivity index (χ2n) is 4.97. The zero-order valence-electron chi connectivity index (χ0n) is 12.4. The Bertz CT molecular complexity index is 720. The molecule has 0 unspecified atom stereocenters. The van der Waals surface area contributed by atoms with Crippen LogP contribution in [0.1, 0.15) is 21.5 Å². The van der Waals surface area contributed by atoms with E-state index in [1.165, 1.54) is 4.90 Å². The average Bonchev–Trinajstić information content (AvgIpc) is 2.80. The number of hydrogen-bond acceptors (Lipinski definition) is 4. The van der Waals surface area contributed by atoms with Gasteiger partial charge in [-0.25, -0.2) is 0 Å². The molecule has 1 aliphatic rings. The maximum Gasteiger partial charge on any atom is 0.260 e. The van der Waals surface area contributed by atoms with Gasteiger partial charge >= 0.3 is 0 Å². The van der Waals surface area contributed by atoms with Crippen molar-refractivity contribution in [1.29, 1.82) is 5.41 Å². The highest BCUT2D eigenvalue weighted by atomic mass is 16.5. The molecule has 0 aliphatic carbocycles. The summed E-state index contributed by atoms with van der Waals surface area (Å²) < 4.78 is 10.5. The highest BCUT2D eigenvalue weighted by Crippen LogP contribution is 2.30. The molecule has 5 heteroatoms. The molecule has 1 heterocycles. The summed E-state index contributed by atoms with van der Waals surface area (Å²) in [6, 6.07) is 12.7. The molecule has 0 atom stereocenters. The maximum atomic E-state index is 12.4. The van der Waals surface area contributed by atoms with Crippen molar-refractivity contribution in [3.8, 4) is 11.5 Å². The van der Waals surface area contributed by atoms with Gasteiger partial charge < -0.3 is 9.47 Å². The zero-order chi connectivity index (χ0) is 15.7. The third-order valence-electron chi connectivity index (χ3n) is 3.72. The van der Waals surface area contributed by atoms with E-state index >= 15 is 0 Å². The number of benzene rings is 2. The third kappa shape index (κ3) is 2.20. The Morgan fingerprint density at radius 2 is 1.68 bits per heavy atom. The van der Waals surface area contributed by atoms with Crippen LogP contribution in [0, 0.1) is 5.41 Å². The standard InChI is InChI=1S/C17H16N2O3/c1-21-14-8-7-11(9-15(14)22-2)10-19-16(18)12-5-3-4-6-13(12)17(19)20/h3-9,18H,10H2,1-2H3. The molecule has 0 saturated heterocycles. The van der Waals surface area contributed by atoms with Crippen LogP contribution in [-0.2, 0) is 6.54 Å². The number of amides is 1. The van der Waals surface area contributed by atoms with E-state index in [0.29, 0.717) is 29.2 Å². The number of carbonyl (C=O) groups is 1. The van der Waals surface area contributed by atoms with Crippen molar-refractivity contribution in [3.05, 3.63) is 59.2 Å². The molecule has 0 aromatic heterocycles. The van der Waals surface area contributed by atoms with E-state index in [-0.39, 0.29) is 11.7 Å². The highest BCUT2D eigenvalue weighted by molar-refractivity contribution is 6.22. The minimum absolute atomic E-state index is 0.143. The van der Waals surface area contributed by atoms with E-state index in [1.54, 1.807) is 32.4 Å². The topological polar surface area (TPSA) is 62.6 Å². The number of nitrogens with one attached hydrogen (secondary N) is 1. The summed E-state index contributed by atoms with van der Waals surface area (Å²) in [6.07, 6.45) is 0. The van der Waals surface area contributed by atoms with Gasteiger partial charge in [0.1, 0.15) is 5.84 Å². The van der Waals surface area contributed by atoms with Crippen LogP contribution in [0.2, 0.25) is 0 Å². The van der Waals surface area contributed by atoms with E-state index in [4.69, 9.17) is 14.9 Å². The first-order valence-electron chi connectivity index (χ1n) is 6.86. The van der Waals surface area contributed by atoms with Crippen molar-refractivity contribution in [2.24, 2.45) is 0 Å². The third-order valence-corrected chi connectivity index (χ3v) is 3.72. The van der Waals surface area contributed by atoms with Gasteiger partial charge in [0.2, 0.25) is 0 Å². The SMILES string of the molecule is COc1ccc(CN2C(=N)c3ccccc3C2=O)cc1OC. The number of amidine groups is 1. The molecule has 22 heavy (non-hydrogen) atoms. The van der Waals surface area contributed by atoms with Crippen LogP contribution >= 0.6 is 0 Å². The van der Waals surface area contributed by atoms with E-state index in [9.17, 15) is 4.79 Å². The molecule has 5 nitrogen and oxygen atoms in total. The lowest BCUT2D eigenvalue weighted by Crippen LogP contribution is -2.29. The van der Waals surface area contributed by atoms with Crippen LogP contribution in [0.15, 0.2) is 42.5 Å². The van der Waals surface area contributed by atoms with Gasteiger partial charge in [0.25, 0.3) is 5.91 Å². The Morgan fingerprint density at radius 1 is 1.00 bits per heavy atom. The molecule has 1 N–H and O–H groups in total. The van der Waals surface area contributed by atoms with Gasteiger partial charge in [-0.2, -0.15) is 0 Å². The summed E-state index contributed by atoms with van der Waals surface area (Å²) in [6.45, 7) is 0.326. The molecular weight excluding hydrogens is 280 g/mol. The van der Waals surface area contributed by atoms with Crippen molar-refractivity contribution < 1.29 is 14.3 Å². The Kier molecular flexibility index (Phi) is 3.55. The fourth-order valence-corrected chi connectivity index (χ4v) is 2.58. The van der Waals surface area contributed by atoms with E-state index in [0.717, 1.165) is 5.56 Å². The minimum atomic E-state index is -0.143. The van der Waals surface area contributed by atoms with Crippen LogP contribution in [0.25, 0.3) is 0 Å². The molecule has 2 aromatic carbocycles. The lowest BCUT2D eigenvalue weighted by Gasteiger charge is -2.17. The second-order valence-corrected chi connectivity index (χ2v) is 4.97. The number of fused-ring (bicyclic) bond motifs is 1. The number of rotatable bonds is 4. The highest BCUT2D eigenvalue weighted by Gasteiger charge is 2.32. The predicted octanol–water partition coefficient (Wildman–Crippen LogP) is 2.69. The van der Waals surface area contributed by atoms with Crippen molar-refractivity contribution in [1.82, 2.24) is 4.90 Å². The summed E-state index contributed by atoms with van der Waals surface area (Å²) in [5.74, 6) is 1.33. The van der Waals surface area contributed by atoms with Crippen LogP contribution in [-0.4, -0.2) is 30.9 Å². The van der Waals surface area contributed by atoms with Gasteiger partial charge in [0.15, 0.2) is 11.5 Å². The smallest absolute Gasteiger partial charge is 0.260 e. The van der Waals surface area contributed by atoms with Crippen molar-refractivity contribution >= 4 is 11.7 Å². The molecule has 0 saturated carbocycles. The Hall–Kier alpha value is -2.82. The monoisotopic (exact) mass is 296 g/mol. The van der Waals surface area contributed by atoms with Crippen LogP contribution < -0.4 is 9.47 Å². The molecule has 3 rings (SSSR count). The Morgan fingerprint density at radius 3 is 2.32 bits per heavy atom. The molecule has 0 spiro atoms. The van der Waals surface area contributed by atoms with E-state index < -0.39 is 0 Å². The van der Waals surface area contributed by atoms with Crippen molar-refractivity contribution in [2.75, 3.05) is 14.2 Å². The van der Waals surface area contributed by atoms with E-state index in [1.807, 2.05) is 24.3 Å². The number of carbonyl (C=O) groups excluding carboxylic acids is 1. The predicted molar refractivity (Wildman–Crippen MR) is 82.7 cm³/mol. The lowest BCUT2D eigenvalue weighted by atomic mass is 10.1.